The van der Waals surface area contributed by atoms with E-state index in [1.165, 1.54) is 0 Å². The largest absolute Gasteiger partial charge is 0.356 e. The number of benzene rings is 1. The molecule has 0 radical (unpaired) electrons. The lowest BCUT2D eigenvalue weighted by atomic mass is 10.1. The average Bonchev–Trinajstić information content (AvgIpc) is 2.39. The van der Waals surface area contributed by atoms with Crippen LogP contribution >= 0.6 is 35.6 Å². The van der Waals surface area contributed by atoms with Gasteiger partial charge in [-0.3, -0.25) is 4.79 Å². The predicted octanol–water partition coefficient (Wildman–Crippen LogP) is 3.59. The van der Waals surface area contributed by atoms with Gasteiger partial charge in [0.2, 0.25) is 5.91 Å². The smallest absolute Gasteiger partial charge is 0.220 e. The zero-order valence-electron chi connectivity index (χ0n) is 11.3. The molecule has 0 heterocycles. The van der Waals surface area contributed by atoms with Crippen LogP contribution in [0.2, 0.25) is 10.0 Å². The molecular weight excluding hydrogens is 319 g/mol. The first-order chi connectivity index (χ1) is 9.13. The number of nitrogens with one attached hydrogen (secondary N) is 1. The van der Waals surface area contributed by atoms with E-state index in [2.05, 4.69) is 5.32 Å². The second kappa shape index (κ2) is 11.2. The van der Waals surface area contributed by atoms with E-state index in [0.717, 1.165) is 31.2 Å². The van der Waals surface area contributed by atoms with E-state index in [1.807, 2.05) is 12.1 Å². The molecule has 1 rings (SSSR count). The molecule has 0 saturated heterocycles. The second-order valence-electron chi connectivity index (χ2n) is 4.45. The van der Waals surface area contributed by atoms with Gasteiger partial charge in [0.1, 0.15) is 0 Å². The maximum atomic E-state index is 11.5. The van der Waals surface area contributed by atoms with Crippen LogP contribution in [0.5, 0.6) is 0 Å². The average molecular weight is 340 g/mol. The SMILES string of the molecule is Cl.NCCCCNC(=O)CCCc1ccc(Cl)c(Cl)c1. The summed E-state index contributed by atoms with van der Waals surface area (Å²) in [5, 5.41) is 4.00. The molecule has 1 aromatic carbocycles. The van der Waals surface area contributed by atoms with Crippen molar-refractivity contribution in [3.63, 3.8) is 0 Å². The molecule has 1 amide bonds. The molecule has 114 valence electrons. The molecule has 6 heteroatoms. The maximum absolute atomic E-state index is 11.5. The van der Waals surface area contributed by atoms with Gasteiger partial charge in [0.05, 0.1) is 10.0 Å². The monoisotopic (exact) mass is 338 g/mol. The highest BCUT2D eigenvalue weighted by atomic mass is 35.5. The molecule has 0 aromatic heterocycles. The van der Waals surface area contributed by atoms with E-state index < -0.39 is 0 Å². The predicted molar refractivity (Wildman–Crippen MR) is 87.9 cm³/mol. The van der Waals surface area contributed by atoms with Crippen LogP contribution in [0.1, 0.15) is 31.2 Å². The molecule has 3 N–H and O–H groups in total. The molecule has 0 saturated carbocycles. The van der Waals surface area contributed by atoms with Crippen molar-refractivity contribution in [1.29, 1.82) is 0 Å². The number of hydrogen-bond donors (Lipinski definition) is 2. The Labute approximate surface area is 136 Å². The molecule has 0 fully saturated rings. The van der Waals surface area contributed by atoms with E-state index in [1.54, 1.807) is 6.07 Å². The zero-order valence-corrected chi connectivity index (χ0v) is 13.7. The number of hydrogen-bond acceptors (Lipinski definition) is 2. The van der Waals surface area contributed by atoms with Crippen molar-refractivity contribution >= 4 is 41.5 Å². The van der Waals surface area contributed by atoms with Crippen LogP contribution in [-0.2, 0) is 11.2 Å². The summed E-state index contributed by atoms with van der Waals surface area (Å²) >= 11 is 11.8. The lowest BCUT2D eigenvalue weighted by Crippen LogP contribution is -2.24. The normalized spacial score (nSPS) is 9.95. The van der Waals surface area contributed by atoms with Gasteiger partial charge in [0.15, 0.2) is 0 Å². The van der Waals surface area contributed by atoms with E-state index in [9.17, 15) is 4.79 Å². The third-order valence-electron chi connectivity index (χ3n) is 2.81. The highest BCUT2D eigenvalue weighted by Crippen LogP contribution is 2.23. The second-order valence-corrected chi connectivity index (χ2v) is 5.26. The summed E-state index contributed by atoms with van der Waals surface area (Å²) in [5.74, 6) is 0.0945. The first-order valence-electron chi connectivity index (χ1n) is 6.54. The summed E-state index contributed by atoms with van der Waals surface area (Å²) < 4.78 is 0. The minimum atomic E-state index is 0. The molecule has 0 unspecified atom stereocenters. The summed E-state index contributed by atoms with van der Waals surface area (Å²) in [5.41, 5.74) is 6.48. The Morgan fingerprint density at radius 2 is 1.90 bits per heavy atom. The zero-order chi connectivity index (χ0) is 14.1. The lowest BCUT2D eigenvalue weighted by molar-refractivity contribution is -0.121. The molecule has 0 aliphatic rings. The molecule has 0 aliphatic carbocycles. The third kappa shape index (κ3) is 7.95. The Balaban J connectivity index is 0.00000361. The van der Waals surface area contributed by atoms with Gasteiger partial charge in [-0.05, 0) is 49.9 Å². The number of unbranched alkanes of at least 4 members (excludes halogenated alkanes) is 1. The van der Waals surface area contributed by atoms with Crippen molar-refractivity contribution < 1.29 is 4.79 Å². The lowest BCUT2D eigenvalue weighted by Gasteiger charge is -2.05. The summed E-state index contributed by atoms with van der Waals surface area (Å²) in [6.45, 7) is 1.38. The van der Waals surface area contributed by atoms with Crippen molar-refractivity contribution in [2.24, 2.45) is 5.73 Å². The molecule has 1 aromatic rings. The highest BCUT2D eigenvalue weighted by Gasteiger charge is 2.03. The maximum Gasteiger partial charge on any atom is 0.220 e. The number of aryl methyl sites for hydroxylation is 1. The number of nitrogens with two attached hydrogens (primary N) is 1. The van der Waals surface area contributed by atoms with Gasteiger partial charge in [0, 0.05) is 13.0 Å². The van der Waals surface area contributed by atoms with Gasteiger partial charge in [-0.25, -0.2) is 0 Å². The van der Waals surface area contributed by atoms with Gasteiger partial charge >= 0.3 is 0 Å². The van der Waals surface area contributed by atoms with Crippen molar-refractivity contribution in [3.8, 4) is 0 Å². The molecule has 0 bridgehead atoms. The summed E-state index contributed by atoms with van der Waals surface area (Å²) in [6, 6.07) is 5.57. The molecule has 0 atom stereocenters. The number of carbonyl (C=O) groups is 1. The fraction of sp³-hybridized carbons (Fsp3) is 0.500. The Bertz CT molecular complexity index is 413. The van der Waals surface area contributed by atoms with E-state index in [-0.39, 0.29) is 18.3 Å². The molecule has 20 heavy (non-hydrogen) atoms. The van der Waals surface area contributed by atoms with Gasteiger partial charge in [-0.2, -0.15) is 0 Å². The standard InChI is InChI=1S/C14H20Cl2N2O.ClH/c15-12-7-6-11(10-13(12)16)4-3-5-14(19)18-9-2-1-8-17;/h6-7,10H,1-5,8-9,17H2,(H,18,19);1H. The first kappa shape index (κ1) is 19.5. The number of amides is 1. The van der Waals surface area contributed by atoms with Gasteiger partial charge < -0.3 is 11.1 Å². The van der Waals surface area contributed by atoms with Crippen molar-refractivity contribution in [3.05, 3.63) is 33.8 Å². The molecule has 0 spiro atoms. The first-order valence-corrected chi connectivity index (χ1v) is 7.29. The van der Waals surface area contributed by atoms with Crippen LogP contribution in [0, 0.1) is 0 Å². The minimum Gasteiger partial charge on any atom is -0.356 e. The van der Waals surface area contributed by atoms with Crippen LogP contribution in [0.15, 0.2) is 18.2 Å². The van der Waals surface area contributed by atoms with Crippen LogP contribution in [0.25, 0.3) is 0 Å². The summed E-state index contributed by atoms with van der Waals surface area (Å²) in [4.78, 5) is 11.5. The molecule has 3 nitrogen and oxygen atoms in total. The number of rotatable bonds is 8. The molecule has 0 aliphatic heterocycles. The van der Waals surface area contributed by atoms with Crippen LogP contribution in [0.4, 0.5) is 0 Å². The fourth-order valence-corrected chi connectivity index (χ4v) is 2.05. The van der Waals surface area contributed by atoms with E-state index >= 15 is 0 Å². The van der Waals surface area contributed by atoms with Crippen LogP contribution < -0.4 is 11.1 Å². The van der Waals surface area contributed by atoms with Gasteiger partial charge in [-0.1, -0.05) is 29.3 Å². The van der Waals surface area contributed by atoms with Crippen molar-refractivity contribution in [2.45, 2.75) is 32.1 Å². The van der Waals surface area contributed by atoms with Crippen LogP contribution in [-0.4, -0.2) is 19.0 Å². The topological polar surface area (TPSA) is 55.1 Å². The summed E-state index contributed by atoms with van der Waals surface area (Å²) in [7, 11) is 0. The Kier molecular flexibility index (Phi) is 10.9. The minimum absolute atomic E-state index is 0. The highest BCUT2D eigenvalue weighted by molar-refractivity contribution is 6.42. The van der Waals surface area contributed by atoms with Gasteiger partial charge in [0.25, 0.3) is 0 Å². The Morgan fingerprint density at radius 1 is 1.15 bits per heavy atom. The number of carbonyl (C=O) groups excluding carboxylic acids is 1. The van der Waals surface area contributed by atoms with Crippen molar-refractivity contribution in [1.82, 2.24) is 5.32 Å². The van der Waals surface area contributed by atoms with Gasteiger partial charge in [-0.15, -0.1) is 12.4 Å². The quantitative estimate of drug-likeness (QED) is 0.711. The van der Waals surface area contributed by atoms with Crippen LogP contribution in [0.3, 0.4) is 0 Å². The Hall–Kier alpha value is -0.480. The number of halogens is 3. The molecular formula is C14H21Cl3N2O. The summed E-state index contributed by atoms with van der Waals surface area (Å²) in [6.07, 6.45) is 4.05. The van der Waals surface area contributed by atoms with E-state index in [4.69, 9.17) is 28.9 Å². The third-order valence-corrected chi connectivity index (χ3v) is 3.55. The Morgan fingerprint density at radius 3 is 2.55 bits per heavy atom. The fourth-order valence-electron chi connectivity index (χ4n) is 1.73. The van der Waals surface area contributed by atoms with Crippen molar-refractivity contribution in [2.75, 3.05) is 13.1 Å². The van der Waals surface area contributed by atoms with E-state index in [0.29, 0.717) is 29.6 Å².